The van der Waals surface area contributed by atoms with Crippen LogP contribution in [-0.4, -0.2) is 24.2 Å². The number of carbonyl (C=O) groups excluding carboxylic acids is 1. The summed E-state index contributed by atoms with van der Waals surface area (Å²) in [6.45, 7) is 2.06. The third kappa shape index (κ3) is 3.77. The van der Waals surface area contributed by atoms with Gasteiger partial charge < -0.3 is 20.4 Å². The lowest BCUT2D eigenvalue weighted by molar-refractivity contribution is 0.247. The maximum Gasteiger partial charge on any atom is 0.319 e. The van der Waals surface area contributed by atoms with Gasteiger partial charge in [0.15, 0.2) is 0 Å². The Morgan fingerprint density at radius 2 is 2.07 bits per heavy atom. The predicted molar refractivity (Wildman–Crippen MR) is 109 cm³/mol. The molecule has 1 heterocycles. The Hall–Kier alpha value is -2.95. The van der Waals surface area contributed by atoms with E-state index >= 15 is 0 Å². The second-order valence-electron chi connectivity index (χ2n) is 7.26. The van der Waals surface area contributed by atoms with Crippen LogP contribution in [-0.2, 0) is 12.8 Å². The van der Waals surface area contributed by atoms with Crippen molar-refractivity contribution in [1.29, 1.82) is 0 Å². The summed E-state index contributed by atoms with van der Waals surface area (Å²) in [5, 5.41) is 7.25. The Morgan fingerprint density at radius 3 is 2.93 bits per heavy atom. The molecule has 0 radical (unpaired) electrons. The number of hydrogen-bond acceptors (Lipinski definition) is 2. The van der Waals surface area contributed by atoms with Crippen molar-refractivity contribution in [2.75, 3.05) is 12.4 Å². The van der Waals surface area contributed by atoms with E-state index in [2.05, 4.69) is 34.7 Å². The predicted octanol–water partition coefficient (Wildman–Crippen LogP) is 4.55. The van der Waals surface area contributed by atoms with Gasteiger partial charge in [0, 0.05) is 28.8 Å². The monoisotopic (exact) mass is 363 g/mol. The number of benzene rings is 2. The lowest BCUT2D eigenvalue weighted by atomic mass is 10.0. The zero-order valence-corrected chi connectivity index (χ0v) is 15.8. The number of amides is 2. The van der Waals surface area contributed by atoms with Crippen LogP contribution in [0.15, 0.2) is 42.6 Å². The SMILES string of the molecule is COc1ccc2c(c1)CCCC(NC(=O)Nc1ccc3[nH]cc(C)c3c1)C2. The zero-order chi connectivity index (χ0) is 18.8. The lowest BCUT2D eigenvalue weighted by Crippen LogP contribution is -2.39. The van der Waals surface area contributed by atoms with E-state index in [1.807, 2.05) is 30.5 Å². The molecule has 1 unspecified atom stereocenters. The number of aromatic amines is 1. The largest absolute Gasteiger partial charge is 0.497 e. The molecule has 2 aromatic carbocycles. The molecule has 4 rings (SSSR count). The van der Waals surface area contributed by atoms with E-state index in [1.54, 1.807) is 7.11 Å². The van der Waals surface area contributed by atoms with Crippen LogP contribution in [0.1, 0.15) is 29.5 Å². The van der Waals surface area contributed by atoms with Gasteiger partial charge in [0.05, 0.1) is 7.11 Å². The summed E-state index contributed by atoms with van der Waals surface area (Å²) < 4.78 is 5.33. The molecule has 2 amide bonds. The van der Waals surface area contributed by atoms with Gasteiger partial charge in [-0.3, -0.25) is 0 Å². The topological polar surface area (TPSA) is 66.2 Å². The maximum absolute atomic E-state index is 12.5. The fourth-order valence-electron chi connectivity index (χ4n) is 3.88. The van der Waals surface area contributed by atoms with Gasteiger partial charge >= 0.3 is 6.03 Å². The summed E-state index contributed by atoms with van der Waals surface area (Å²) in [6, 6.07) is 12.1. The Kier molecular flexibility index (Phi) is 4.75. The number of H-pyrrole nitrogens is 1. The summed E-state index contributed by atoms with van der Waals surface area (Å²) >= 11 is 0. The van der Waals surface area contributed by atoms with Crippen LogP contribution in [0.5, 0.6) is 5.75 Å². The van der Waals surface area contributed by atoms with Crippen molar-refractivity contribution in [2.45, 2.75) is 38.6 Å². The molecule has 1 aliphatic carbocycles. The Balaban J connectivity index is 1.43. The first-order valence-corrected chi connectivity index (χ1v) is 9.43. The number of aromatic nitrogens is 1. The minimum absolute atomic E-state index is 0.136. The number of hydrogen-bond donors (Lipinski definition) is 3. The molecule has 27 heavy (non-hydrogen) atoms. The van der Waals surface area contributed by atoms with E-state index < -0.39 is 0 Å². The summed E-state index contributed by atoms with van der Waals surface area (Å²) in [7, 11) is 1.69. The van der Waals surface area contributed by atoms with Crippen molar-refractivity contribution in [3.05, 3.63) is 59.3 Å². The molecule has 1 atom stereocenters. The highest BCUT2D eigenvalue weighted by molar-refractivity contribution is 5.93. The molecule has 0 spiro atoms. The zero-order valence-electron chi connectivity index (χ0n) is 15.8. The first kappa shape index (κ1) is 17.5. The summed E-state index contributed by atoms with van der Waals surface area (Å²) in [5.41, 5.74) is 5.68. The van der Waals surface area contributed by atoms with Crippen molar-refractivity contribution >= 4 is 22.6 Å². The second kappa shape index (κ2) is 7.35. The number of urea groups is 1. The van der Waals surface area contributed by atoms with Gasteiger partial charge in [0.2, 0.25) is 0 Å². The average molecular weight is 363 g/mol. The summed E-state index contributed by atoms with van der Waals surface area (Å²) in [4.78, 5) is 15.7. The van der Waals surface area contributed by atoms with Crippen molar-refractivity contribution in [3.8, 4) is 5.75 Å². The number of aryl methyl sites for hydroxylation is 2. The molecule has 1 aliphatic rings. The van der Waals surface area contributed by atoms with Crippen molar-refractivity contribution in [1.82, 2.24) is 10.3 Å². The third-order valence-electron chi connectivity index (χ3n) is 5.36. The molecule has 0 bridgehead atoms. The number of anilines is 1. The van der Waals surface area contributed by atoms with Gasteiger partial charge in [-0.05, 0) is 79.6 Å². The van der Waals surface area contributed by atoms with Gasteiger partial charge in [0.1, 0.15) is 5.75 Å². The van der Waals surface area contributed by atoms with Crippen molar-refractivity contribution < 1.29 is 9.53 Å². The highest BCUT2D eigenvalue weighted by Gasteiger charge is 2.19. The third-order valence-corrected chi connectivity index (χ3v) is 5.36. The molecular weight excluding hydrogens is 338 g/mol. The Labute approximate surface area is 159 Å². The van der Waals surface area contributed by atoms with Gasteiger partial charge in [-0.25, -0.2) is 4.79 Å². The maximum atomic E-state index is 12.5. The molecule has 3 N–H and O–H groups in total. The lowest BCUT2D eigenvalue weighted by Gasteiger charge is -2.18. The van der Waals surface area contributed by atoms with Crippen LogP contribution in [0.3, 0.4) is 0 Å². The van der Waals surface area contributed by atoms with E-state index in [9.17, 15) is 4.79 Å². The van der Waals surface area contributed by atoms with E-state index in [-0.39, 0.29) is 12.1 Å². The molecule has 140 valence electrons. The Morgan fingerprint density at radius 1 is 1.19 bits per heavy atom. The molecule has 0 saturated carbocycles. The molecule has 5 nitrogen and oxygen atoms in total. The van der Waals surface area contributed by atoms with E-state index in [4.69, 9.17) is 4.74 Å². The van der Waals surface area contributed by atoms with E-state index in [0.29, 0.717) is 0 Å². The van der Waals surface area contributed by atoms with E-state index in [1.165, 1.54) is 16.7 Å². The number of methoxy groups -OCH3 is 1. The number of nitrogens with one attached hydrogen (secondary N) is 3. The highest BCUT2D eigenvalue weighted by Crippen LogP contribution is 2.25. The summed E-state index contributed by atoms with van der Waals surface area (Å²) in [5.74, 6) is 0.897. The van der Waals surface area contributed by atoms with Crippen LogP contribution in [0, 0.1) is 6.92 Å². The number of ether oxygens (including phenoxy) is 1. The smallest absolute Gasteiger partial charge is 0.319 e. The van der Waals surface area contributed by atoms with E-state index in [0.717, 1.165) is 48.0 Å². The Bertz CT molecular complexity index is 977. The molecule has 0 saturated heterocycles. The highest BCUT2D eigenvalue weighted by atomic mass is 16.5. The average Bonchev–Trinajstić information content (AvgIpc) is 2.91. The van der Waals surface area contributed by atoms with Crippen LogP contribution in [0.25, 0.3) is 10.9 Å². The molecule has 3 aromatic rings. The van der Waals surface area contributed by atoms with Gasteiger partial charge in [0.25, 0.3) is 0 Å². The first-order valence-electron chi connectivity index (χ1n) is 9.43. The van der Waals surface area contributed by atoms with Crippen LogP contribution >= 0.6 is 0 Å². The normalized spacial score (nSPS) is 16.4. The number of fused-ring (bicyclic) bond motifs is 2. The van der Waals surface area contributed by atoms with Crippen LogP contribution in [0.2, 0.25) is 0 Å². The van der Waals surface area contributed by atoms with Crippen molar-refractivity contribution in [2.24, 2.45) is 0 Å². The fourth-order valence-corrected chi connectivity index (χ4v) is 3.88. The molecular formula is C22H25N3O2. The first-order chi connectivity index (χ1) is 13.1. The summed E-state index contributed by atoms with van der Waals surface area (Å²) in [6.07, 6.45) is 5.88. The minimum atomic E-state index is -0.149. The molecule has 1 aromatic heterocycles. The second-order valence-corrected chi connectivity index (χ2v) is 7.26. The number of rotatable bonds is 3. The van der Waals surface area contributed by atoms with Crippen LogP contribution in [0.4, 0.5) is 10.5 Å². The van der Waals surface area contributed by atoms with Gasteiger partial charge in [-0.1, -0.05) is 6.07 Å². The van der Waals surface area contributed by atoms with Gasteiger partial charge in [-0.15, -0.1) is 0 Å². The van der Waals surface area contributed by atoms with Crippen molar-refractivity contribution in [3.63, 3.8) is 0 Å². The number of carbonyl (C=O) groups is 1. The fraction of sp³-hybridized carbons (Fsp3) is 0.318. The van der Waals surface area contributed by atoms with Gasteiger partial charge in [-0.2, -0.15) is 0 Å². The van der Waals surface area contributed by atoms with Crippen LogP contribution < -0.4 is 15.4 Å². The quantitative estimate of drug-likeness (QED) is 0.598. The standard InChI is InChI=1S/C22H25N3O2/c1-14-13-23-21-9-7-18(12-20(14)21)25-22(26)24-17-5-3-4-15-11-19(27-2)8-6-16(15)10-17/h6-9,11-13,17,23H,3-5,10H2,1-2H3,(H2,24,25,26). The molecule has 5 heteroatoms. The molecule has 0 fully saturated rings. The minimum Gasteiger partial charge on any atom is -0.497 e. The molecule has 0 aliphatic heterocycles.